The van der Waals surface area contributed by atoms with Gasteiger partial charge in [-0.1, -0.05) is 31.2 Å². The molecular formula is C17H17NO3. The van der Waals surface area contributed by atoms with Crippen molar-refractivity contribution in [2.24, 2.45) is 0 Å². The fraction of sp³-hybridized carbons (Fsp3) is 0.176. The minimum Gasteiger partial charge on any atom is -0.478 e. The van der Waals surface area contributed by atoms with Crippen LogP contribution in [0.5, 0.6) is 0 Å². The zero-order valence-corrected chi connectivity index (χ0v) is 12.0. The molecule has 0 bridgehead atoms. The molecule has 0 aliphatic rings. The van der Waals surface area contributed by atoms with Gasteiger partial charge < -0.3 is 10.4 Å². The van der Waals surface area contributed by atoms with Crippen LogP contribution in [-0.4, -0.2) is 17.0 Å². The summed E-state index contributed by atoms with van der Waals surface area (Å²) in [6.07, 6.45) is 0.762. The first-order chi connectivity index (χ1) is 10.0. The van der Waals surface area contributed by atoms with Crippen molar-refractivity contribution in [3.63, 3.8) is 0 Å². The van der Waals surface area contributed by atoms with Crippen molar-refractivity contribution >= 4 is 17.6 Å². The highest BCUT2D eigenvalue weighted by Crippen LogP contribution is 2.19. The summed E-state index contributed by atoms with van der Waals surface area (Å²) in [5.41, 5.74) is 3.06. The highest BCUT2D eigenvalue weighted by Gasteiger charge is 2.12. The molecule has 0 aromatic heterocycles. The van der Waals surface area contributed by atoms with E-state index < -0.39 is 5.97 Å². The first-order valence-electron chi connectivity index (χ1n) is 6.76. The number of carbonyl (C=O) groups excluding carboxylic acids is 1. The van der Waals surface area contributed by atoms with Gasteiger partial charge in [0.15, 0.2) is 0 Å². The summed E-state index contributed by atoms with van der Waals surface area (Å²) < 4.78 is 0. The second-order valence-electron chi connectivity index (χ2n) is 4.80. The van der Waals surface area contributed by atoms with E-state index in [4.69, 9.17) is 5.11 Å². The monoisotopic (exact) mass is 283 g/mol. The Bertz CT molecular complexity index is 692. The standard InChI is InChI=1S/C17H17NO3/c1-3-12-6-4-5-7-14(12)16(19)18-15-10-13(17(20)21)9-8-11(15)2/h4-10H,3H2,1-2H3,(H,18,19)(H,20,21). The van der Waals surface area contributed by atoms with E-state index in [9.17, 15) is 9.59 Å². The van der Waals surface area contributed by atoms with Gasteiger partial charge in [-0.15, -0.1) is 0 Å². The van der Waals surface area contributed by atoms with Crippen molar-refractivity contribution < 1.29 is 14.7 Å². The lowest BCUT2D eigenvalue weighted by atomic mass is 10.0. The Kier molecular flexibility index (Phi) is 4.38. The van der Waals surface area contributed by atoms with Crippen molar-refractivity contribution in [2.45, 2.75) is 20.3 Å². The zero-order valence-electron chi connectivity index (χ0n) is 12.0. The van der Waals surface area contributed by atoms with E-state index >= 15 is 0 Å². The van der Waals surface area contributed by atoms with Gasteiger partial charge in [-0.3, -0.25) is 4.79 Å². The van der Waals surface area contributed by atoms with Crippen molar-refractivity contribution in [3.8, 4) is 0 Å². The largest absolute Gasteiger partial charge is 0.478 e. The first-order valence-corrected chi connectivity index (χ1v) is 6.76. The van der Waals surface area contributed by atoms with E-state index in [1.165, 1.54) is 12.1 Å². The molecule has 0 atom stereocenters. The Labute approximate surface area is 123 Å². The molecule has 21 heavy (non-hydrogen) atoms. The van der Waals surface area contributed by atoms with Gasteiger partial charge >= 0.3 is 5.97 Å². The third-order valence-electron chi connectivity index (χ3n) is 3.38. The number of benzene rings is 2. The number of carboxylic acids is 1. The zero-order chi connectivity index (χ0) is 15.4. The van der Waals surface area contributed by atoms with Crippen LogP contribution in [0.25, 0.3) is 0 Å². The number of anilines is 1. The van der Waals surface area contributed by atoms with Crippen molar-refractivity contribution in [1.82, 2.24) is 0 Å². The lowest BCUT2D eigenvalue weighted by Crippen LogP contribution is -2.15. The molecule has 0 radical (unpaired) electrons. The Morgan fingerprint density at radius 3 is 2.52 bits per heavy atom. The summed E-state index contributed by atoms with van der Waals surface area (Å²) in [6, 6.07) is 12.1. The summed E-state index contributed by atoms with van der Waals surface area (Å²) in [4.78, 5) is 23.4. The average molecular weight is 283 g/mol. The molecule has 1 amide bonds. The number of carbonyl (C=O) groups is 2. The second kappa shape index (κ2) is 6.22. The van der Waals surface area contributed by atoms with Gasteiger partial charge in [0.1, 0.15) is 0 Å². The summed E-state index contributed by atoms with van der Waals surface area (Å²) in [7, 11) is 0. The molecule has 0 aliphatic heterocycles. The number of hydrogen-bond acceptors (Lipinski definition) is 2. The van der Waals surface area contributed by atoms with Crippen LogP contribution in [-0.2, 0) is 6.42 Å². The highest BCUT2D eigenvalue weighted by atomic mass is 16.4. The van der Waals surface area contributed by atoms with Gasteiger partial charge in [0, 0.05) is 11.3 Å². The Hall–Kier alpha value is -2.62. The Balaban J connectivity index is 2.31. The maximum absolute atomic E-state index is 12.4. The van der Waals surface area contributed by atoms with Crippen LogP contribution >= 0.6 is 0 Å². The van der Waals surface area contributed by atoms with E-state index in [1.807, 2.05) is 32.0 Å². The number of nitrogens with one attached hydrogen (secondary N) is 1. The van der Waals surface area contributed by atoms with Crippen LogP contribution < -0.4 is 5.32 Å². The predicted molar refractivity (Wildman–Crippen MR) is 81.9 cm³/mol. The van der Waals surface area contributed by atoms with E-state index in [-0.39, 0.29) is 11.5 Å². The fourth-order valence-electron chi connectivity index (χ4n) is 2.13. The number of aryl methyl sites for hydroxylation is 2. The molecule has 4 nitrogen and oxygen atoms in total. The molecule has 0 spiro atoms. The highest BCUT2D eigenvalue weighted by molar-refractivity contribution is 6.06. The fourth-order valence-corrected chi connectivity index (χ4v) is 2.13. The van der Waals surface area contributed by atoms with Gasteiger partial charge in [0.2, 0.25) is 0 Å². The van der Waals surface area contributed by atoms with Crippen molar-refractivity contribution in [1.29, 1.82) is 0 Å². The molecule has 0 unspecified atom stereocenters. The quantitative estimate of drug-likeness (QED) is 0.902. The third-order valence-corrected chi connectivity index (χ3v) is 3.38. The van der Waals surface area contributed by atoms with Gasteiger partial charge in [-0.05, 0) is 42.7 Å². The number of rotatable bonds is 4. The van der Waals surface area contributed by atoms with Crippen LogP contribution in [0.15, 0.2) is 42.5 Å². The molecule has 2 N–H and O–H groups in total. The number of amides is 1. The van der Waals surface area contributed by atoms with Crippen LogP contribution in [0, 0.1) is 6.92 Å². The molecule has 108 valence electrons. The summed E-state index contributed by atoms with van der Waals surface area (Å²) >= 11 is 0. The van der Waals surface area contributed by atoms with Crippen LogP contribution in [0.3, 0.4) is 0 Å². The molecule has 0 saturated carbocycles. The maximum atomic E-state index is 12.4. The van der Waals surface area contributed by atoms with Crippen LogP contribution in [0.1, 0.15) is 38.8 Å². The normalized spacial score (nSPS) is 10.2. The Morgan fingerprint density at radius 1 is 1.14 bits per heavy atom. The minimum atomic E-state index is -1.01. The topological polar surface area (TPSA) is 66.4 Å². The van der Waals surface area contributed by atoms with Crippen molar-refractivity contribution in [3.05, 3.63) is 64.7 Å². The molecular weight excluding hydrogens is 266 g/mol. The van der Waals surface area contributed by atoms with Crippen LogP contribution in [0.2, 0.25) is 0 Å². The molecule has 2 rings (SSSR count). The van der Waals surface area contributed by atoms with E-state index in [2.05, 4.69) is 5.32 Å². The first kappa shape index (κ1) is 14.8. The van der Waals surface area contributed by atoms with Gasteiger partial charge in [-0.2, -0.15) is 0 Å². The molecule has 0 heterocycles. The molecule has 0 aliphatic carbocycles. The van der Waals surface area contributed by atoms with Gasteiger partial charge in [-0.25, -0.2) is 4.79 Å². The van der Waals surface area contributed by atoms with Gasteiger partial charge in [0.25, 0.3) is 5.91 Å². The van der Waals surface area contributed by atoms with Gasteiger partial charge in [0.05, 0.1) is 5.56 Å². The second-order valence-corrected chi connectivity index (χ2v) is 4.80. The summed E-state index contributed by atoms with van der Waals surface area (Å²) in [6.45, 7) is 3.81. The smallest absolute Gasteiger partial charge is 0.335 e. The molecule has 4 heteroatoms. The molecule has 0 saturated heterocycles. The minimum absolute atomic E-state index is 0.152. The Morgan fingerprint density at radius 2 is 1.86 bits per heavy atom. The average Bonchev–Trinajstić information content (AvgIpc) is 2.49. The lowest BCUT2D eigenvalue weighted by molar-refractivity contribution is 0.0696. The third kappa shape index (κ3) is 3.28. The number of carboxylic acid groups (broad SMARTS) is 1. The van der Waals surface area contributed by atoms with E-state index in [0.29, 0.717) is 11.3 Å². The van der Waals surface area contributed by atoms with Crippen LogP contribution in [0.4, 0.5) is 5.69 Å². The molecule has 2 aromatic carbocycles. The van der Waals surface area contributed by atoms with E-state index in [0.717, 1.165) is 17.5 Å². The lowest BCUT2D eigenvalue weighted by Gasteiger charge is -2.11. The van der Waals surface area contributed by atoms with Crippen molar-refractivity contribution in [2.75, 3.05) is 5.32 Å². The SMILES string of the molecule is CCc1ccccc1C(=O)Nc1cc(C(=O)O)ccc1C. The predicted octanol–water partition coefficient (Wildman–Crippen LogP) is 3.51. The molecule has 0 fully saturated rings. The number of aromatic carboxylic acids is 1. The number of hydrogen-bond donors (Lipinski definition) is 2. The summed E-state index contributed by atoms with van der Waals surface area (Å²) in [5, 5.41) is 11.8. The summed E-state index contributed by atoms with van der Waals surface area (Å²) in [5.74, 6) is -1.24. The van der Waals surface area contributed by atoms with E-state index in [1.54, 1.807) is 12.1 Å². The maximum Gasteiger partial charge on any atom is 0.335 e. The molecule has 2 aromatic rings.